The number of amides is 2. The molecule has 0 unspecified atom stereocenters. The average molecular weight is 529 g/mol. The molecule has 0 fully saturated rings. The van der Waals surface area contributed by atoms with Gasteiger partial charge in [0.1, 0.15) is 17.2 Å². The summed E-state index contributed by atoms with van der Waals surface area (Å²) in [5.41, 5.74) is 10.7. The predicted octanol–water partition coefficient (Wildman–Crippen LogP) is 5.86. The molecule has 2 amide bonds. The maximum atomic E-state index is 12.6. The van der Waals surface area contributed by atoms with Gasteiger partial charge in [-0.05, 0) is 69.4 Å². The Labute approximate surface area is 221 Å². The number of anilines is 1. The van der Waals surface area contributed by atoms with E-state index >= 15 is 0 Å². The van der Waals surface area contributed by atoms with Crippen LogP contribution in [-0.2, 0) is 16.0 Å². The lowest BCUT2D eigenvalue weighted by molar-refractivity contribution is -0.115. The molecule has 7 nitrogen and oxygen atoms in total. The molecule has 184 valence electrons. The van der Waals surface area contributed by atoms with Crippen LogP contribution < -0.4 is 11.1 Å². The SMILES string of the molecule is NC(=O)C(=Cc1c[nH]c2nc(NC(=O)Cc3ccc(-c4ccsc4)cc3)ccc12)c1ccc(O)c(Cl)c1. The third-order valence-electron chi connectivity index (χ3n) is 5.84. The fourth-order valence-corrected chi connectivity index (χ4v) is 4.80. The minimum absolute atomic E-state index is 0.0875. The summed E-state index contributed by atoms with van der Waals surface area (Å²) in [6.45, 7) is 0. The molecule has 0 spiro atoms. The first kappa shape index (κ1) is 24.3. The average Bonchev–Trinajstić information content (AvgIpc) is 3.55. The predicted molar refractivity (Wildman–Crippen MR) is 148 cm³/mol. The van der Waals surface area contributed by atoms with Crippen molar-refractivity contribution in [3.63, 3.8) is 0 Å². The number of phenols is 1. The highest BCUT2D eigenvalue weighted by molar-refractivity contribution is 7.08. The van der Waals surface area contributed by atoms with Gasteiger partial charge in [-0.3, -0.25) is 9.59 Å². The molecule has 37 heavy (non-hydrogen) atoms. The van der Waals surface area contributed by atoms with Crippen LogP contribution in [-0.4, -0.2) is 26.9 Å². The molecule has 0 saturated carbocycles. The van der Waals surface area contributed by atoms with Gasteiger partial charge in [-0.2, -0.15) is 11.3 Å². The fraction of sp³-hybridized carbons (Fsp3) is 0.0357. The topological polar surface area (TPSA) is 121 Å². The minimum Gasteiger partial charge on any atom is -0.506 e. The van der Waals surface area contributed by atoms with Crippen molar-refractivity contribution in [2.75, 3.05) is 5.32 Å². The molecule has 5 aromatic rings. The van der Waals surface area contributed by atoms with Gasteiger partial charge in [-0.15, -0.1) is 0 Å². The number of rotatable bonds is 7. The third kappa shape index (κ3) is 5.40. The van der Waals surface area contributed by atoms with Crippen LogP contribution in [0.5, 0.6) is 5.75 Å². The molecule has 5 N–H and O–H groups in total. The molecule has 0 bridgehead atoms. The van der Waals surface area contributed by atoms with Crippen LogP contribution in [0.1, 0.15) is 16.7 Å². The molecule has 2 aromatic carbocycles. The van der Waals surface area contributed by atoms with Crippen molar-refractivity contribution < 1.29 is 14.7 Å². The molecule has 0 saturated heterocycles. The highest BCUT2D eigenvalue weighted by atomic mass is 35.5. The summed E-state index contributed by atoms with van der Waals surface area (Å²) in [5, 5.41) is 17.5. The van der Waals surface area contributed by atoms with Crippen LogP contribution in [0.3, 0.4) is 0 Å². The second-order valence-corrected chi connectivity index (χ2v) is 9.55. The summed E-state index contributed by atoms with van der Waals surface area (Å²) in [7, 11) is 0. The van der Waals surface area contributed by atoms with E-state index in [4.69, 9.17) is 17.3 Å². The molecule has 0 aliphatic carbocycles. The van der Waals surface area contributed by atoms with Gasteiger partial charge < -0.3 is 21.1 Å². The molecule has 0 aliphatic rings. The summed E-state index contributed by atoms with van der Waals surface area (Å²) < 4.78 is 0. The first-order chi connectivity index (χ1) is 17.9. The normalized spacial score (nSPS) is 11.5. The summed E-state index contributed by atoms with van der Waals surface area (Å²) in [4.78, 5) is 32.3. The number of hydrogen-bond acceptors (Lipinski definition) is 5. The lowest BCUT2D eigenvalue weighted by Gasteiger charge is -2.07. The Morgan fingerprint density at radius 1 is 1.08 bits per heavy atom. The molecule has 3 heterocycles. The van der Waals surface area contributed by atoms with Gasteiger partial charge in [-0.25, -0.2) is 4.98 Å². The van der Waals surface area contributed by atoms with E-state index in [2.05, 4.69) is 26.7 Å². The number of benzene rings is 2. The Morgan fingerprint density at radius 2 is 1.89 bits per heavy atom. The number of nitrogens with zero attached hydrogens (tertiary/aromatic N) is 1. The number of nitrogens with one attached hydrogen (secondary N) is 2. The summed E-state index contributed by atoms with van der Waals surface area (Å²) in [6, 6.07) is 17.9. The zero-order valence-corrected chi connectivity index (χ0v) is 20.9. The number of fused-ring (bicyclic) bond motifs is 1. The third-order valence-corrected chi connectivity index (χ3v) is 6.82. The van der Waals surface area contributed by atoms with E-state index in [1.54, 1.807) is 41.8 Å². The first-order valence-electron chi connectivity index (χ1n) is 11.3. The maximum absolute atomic E-state index is 12.6. The van der Waals surface area contributed by atoms with Gasteiger partial charge in [0.2, 0.25) is 11.8 Å². The summed E-state index contributed by atoms with van der Waals surface area (Å²) in [5.74, 6) is -0.501. The largest absolute Gasteiger partial charge is 0.506 e. The van der Waals surface area contributed by atoms with Crippen LogP contribution in [0.15, 0.2) is 77.6 Å². The van der Waals surface area contributed by atoms with E-state index in [-0.39, 0.29) is 28.7 Å². The number of aromatic nitrogens is 2. The van der Waals surface area contributed by atoms with E-state index in [9.17, 15) is 14.7 Å². The molecular weight excluding hydrogens is 508 g/mol. The quantitative estimate of drug-likeness (QED) is 0.198. The van der Waals surface area contributed by atoms with Crippen molar-refractivity contribution in [1.82, 2.24) is 9.97 Å². The Bertz CT molecular complexity index is 1640. The number of aromatic amines is 1. The van der Waals surface area contributed by atoms with Crippen molar-refractivity contribution in [2.45, 2.75) is 6.42 Å². The van der Waals surface area contributed by atoms with E-state index in [0.29, 0.717) is 22.6 Å². The summed E-state index contributed by atoms with van der Waals surface area (Å²) >= 11 is 7.64. The molecule has 0 aliphatic heterocycles. The number of carbonyl (C=O) groups excluding carboxylic acids is 2. The molecule has 5 rings (SSSR count). The van der Waals surface area contributed by atoms with Crippen LogP contribution in [0.25, 0.3) is 33.8 Å². The number of nitrogens with two attached hydrogens (primary N) is 1. The van der Waals surface area contributed by atoms with E-state index < -0.39 is 5.91 Å². The van der Waals surface area contributed by atoms with Crippen molar-refractivity contribution in [2.24, 2.45) is 5.73 Å². The Morgan fingerprint density at radius 3 is 2.59 bits per heavy atom. The van der Waals surface area contributed by atoms with Gasteiger partial charge in [0.05, 0.1) is 11.4 Å². The second kappa shape index (κ2) is 10.3. The maximum Gasteiger partial charge on any atom is 0.249 e. The van der Waals surface area contributed by atoms with Crippen LogP contribution in [0, 0.1) is 0 Å². The monoisotopic (exact) mass is 528 g/mol. The summed E-state index contributed by atoms with van der Waals surface area (Å²) in [6.07, 6.45) is 3.55. The number of H-pyrrole nitrogens is 1. The van der Waals surface area contributed by atoms with E-state index in [1.807, 2.05) is 29.6 Å². The standard InChI is InChI=1S/C28H21ClN4O3S/c29-23-13-18(5-7-24(23)34)22(27(30)36)12-20-14-31-28-21(20)6-8-25(33-28)32-26(35)11-16-1-3-17(4-2-16)19-9-10-37-15-19/h1-10,12-15,34H,11H2,(H2,30,36)(H2,31,32,33,35). The molecule has 0 atom stereocenters. The highest BCUT2D eigenvalue weighted by Crippen LogP contribution is 2.30. The zero-order valence-electron chi connectivity index (χ0n) is 19.4. The first-order valence-corrected chi connectivity index (χ1v) is 12.6. The van der Waals surface area contributed by atoms with Crippen LogP contribution in [0.2, 0.25) is 5.02 Å². The smallest absolute Gasteiger partial charge is 0.249 e. The number of thiophene rings is 1. The van der Waals surface area contributed by atoms with Crippen molar-refractivity contribution in [3.05, 3.63) is 99.3 Å². The molecule has 9 heteroatoms. The highest BCUT2D eigenvalue weighted by Gasteiger charge is 2.14. The number of aromatic hydroxyl groups is 1. The van der Waals surface area contributed by atoms with Gasteiger partial charge in [-0.1, -0.05) is 41.9 Å². The lowest BCUT2D eigenvalue weighted by Crippen LogP contribution is -2.15. The van der Waals surface area contributed by atoms with Crippen molar-refractivity contribution in [3.8, 4) is 16.9 Å². The minimum atomic E-state index is -0.642. The number of primary amides is 1. The van der Waals surface area contributed by atoms with Crippen molar-refractivity contribution >= 4 is 63.3 Å². The second-order valence-electron chi connectivity index (χ2n) is 8.36. The van der Waals surface area contributed by atoms with Gasteiger partial charge in [0, 0.05) is 22.7 Å². The Balaban J connectivity index is 1.32. The number of hydrogen-bond donors (Lipinski definition) is 4. The molecular formula is C28H21ClN4O3S. The number of phenolic OH excluding ortho intramolecular Hbond substituents is 1. The van der Waals surface area contributed by atoms with E-state index in [1.165, 1.54) is 12.1 Å². The van der Waals surface area contributed by atoms with Gasteiger partial charge in [0.15, 0.2) is 0 Å². The zero-order chi connectivity index (χ0) is 25.9. The van der Waals surface area contributed by atoms with E-state index in [0.717, 1.165) is 22.1 Å². The molecule has 0 radical (unpaired) electrons. The fourth-order valence-electron chi connectivity index (χ4n) is 3.96. The number of halogens is 1. The van der Waals surface area contributed by atoms with Crippen LogP contribution >= 0.6 is 22.9 Å². The van der Waals surface area contributed by atoms with Gasteiger partial charge in [0.25, 0.3) is 0 Å². The lowest BCUT2D eigenvalue weighted by atomic mass is 10.0. The van der Waals surface area contributed by atoms with Gasteiger partial charge >= 0.3 is 0 Å². The number of pyridine rings is 1. The Kier molecular flexibility index (Phi) is 6.76. The van der Waals surface area contributed by atoms with Crippen LogP contribution in [0.4, 0.5) is 5.82 Å². The molecule has 3 aromatic heterocycles. The number of carbonyl (C=O) groups is 2. The Hall–Kier alpha value is -4.40. The van der Waals surface area contributed by atoms with Crippen molar-refractivity contribution in [1.29, 1.82) is 0 Å².